The van der Waals surface area contributed by atoms with Gasteiger partial charge in [-0.2, -0.15) is 0 Å². The number of carbonyl (C=O) groups excluding carboxylic acids is 2. The Labute approximate surface area is 157 Å². The highest BCUT2D eigenvalue weighted by Gasteiger charge is 2.23. The highest BCUT2D eigenvalue weighted by molar-refractivity contribution is 5.90. The molecule has 0 radical (unpaired) electrons. The molecule has 0 saturated carbocycles. The lowest BCUT2D eigenvalue weighted by Gasteiger charge is -2.25. The topological polar surface area (TPSA) is 109 Å². The Morgan fingerprint density at radius 2 is 1.74 bits per heavy atom. The molecule has 1 heterocycles. The van der Waals surface area contributed by atoms with E-state index in [0.29, 0.717) is 27.8 Å². The molecule has 1 aromatic carbocycles. The summed E-state index contributed by atoms with van der Waals surface area (Å²) in [5, 5.41) is 14.2. The standard InChI is InChI=1S/C20H25NO6/c1-9(2)17(19(23)24)21-18(22)13(6)26-14-7-10(3)8-15-16(14)11(4)12(5)20(25)27-15/h7-9,13,17H,1-6H3,(H,21,22)(H,23,24)/p-1/t13-,17+/m1/s1. The smallest absolute Gasteiger partial charge is 0.339 e. The van der Waals surface area contributed by atoms with Crippen LogP contribution in [0.3, 0.4) is 0 Å². The molecule has 0 unspecified atom stereocenters. The fourth-order valence-electron chi connectivity index (χ4n) is 2.79. The molecule has 2 aromatic rings. The van der Waals surface area contributed by atoms with Crippen LogP contribution < -0.4 is 20.8 Å². The number of aryl methyl sites for hydroxylation is 2. The van der Waals surface area contributed by atoms with Crippen LogP contribution in [0, 0.1) is 26.7 Å². The predicted molar refractivity (Wildman–Crippen MR) is 98.6 cm³/mol. The van der Waals surface area contributed by atoms with E-state index in [1.54, 1.807) is 39.8 Å². The number of fused-ring (bicyclic) bond motifs is 1. The van der Waals surface area contributed by atoms with Gasteiger partial charge in [-0.15, -0.1) is 0 Å². The molecule has 0 aliphatic rings. The third kappa shape index (κ3) is 4.30. The highest BCUT2D eigenvalue weighted by atomic mass is 16.5. The summed E-state index contributed by atoms with van der Waals surface area (Å²) in [5.74, 6) is -1.85. The van der Waals surface area contributed by atoms with Gasteiger partial charge >= 0.3 is 5.63 Å². The molecule has 1 N–H and O–H groups in total. The summed E-state index contributed by atoms with van der Waals surface area (Å²) < 4.78 is 11.2. The molecule has 0 saturated heterocycles. The average molecular weight is 374 g/mol. The molecule has 0 fully saturated rings. The minimum absolute atomic E-state index is 0.329. The Balaban J connectivity index is 2.37. The minimum Gasteiger partial charge on any atom is -0.548 e. The number of carboxylic acids is 1. The van der Waals surface area contributed by atoms with Gasteiger partial charge in [0.15, 0.2) is 6.10 Å². The number of hydrogen-bond donors (Lipinski definition) is 1. The third-order valence-electron chi connectivity index (χ3n) is 4.55. The Kier molecular flexibility index (Phi) is 5.93. The first kappa shape index (κ1) is 20.5. The second-order valence-electron chi connectivity index (χ2n) is 7.09. The molecule has 2 rings (SSSR count). The summed E-state index contributed by atoms with van der Waals surface area (Å²) in [7, 11) is 0. The van der Waals surface area contributed by atoms with Crippen molar-refractivity contribution in [2.75, 3.05) is 0 Å². The monoisotopic (exact) mass is 374 g/mol. The largest absolute Gasteiger partial charge is 0.548 e. The molecule has 1 amide bonds. The van der Waals surface area contributed by atoms with Crippen molar-refractivity contribution >= 4 is 22.8 Å². The van der Waals surface area contributed by atoms with Gasteiger partial charge in [-0.05, 0) is 56.9 Å². The highest BCUT2D eigenvalue weighted by Crippen LogP contribution is 2.31. The van der Waals surface area contributed by atoms with Crippen LogP contribution in [-0.4, -0.2) is 24.0 Å². The summed E-state index contributed by atoms with van der Waals surface area (Å²) in [6, 6.07) is 2.36. The lowest BCUT2D eigenvalue weighted by atomic mass is 10.0. The molecule has 0 aliphatic heterocycles. The van der Waals surface area contributed by atoms with Gasteiger partial charge in [0.25, 0.3) is 5.91 Å². The predicted octanol–water partition coefficient (Wildman–Crippen LogP) is 1.38. The van der Waals surface area contributed by atoms with Gasteiger partial charge in [-0.25, -0.2) is 4.79 Å². The number of amides is 1. The zero-order chi connectivity index (χ0) is 20.5. The number of carbonyl (C=O) groups is 2. The SMILES string of the molecule is Cc1cc(O[C@H](C)C(=O)N[C@H](C(=O)[O-])C(C)C)c2c(C)c(C)c(=O)oc2c1. The van der Waals surface area contributed by atoms with E-state index >= 15 is 0 Å². The molecule has 1 aromatic heterocycles. The number of ether oxygens (including phenoxy) is 1. The van der Waals surface area contributed by atoms with Crippen molar-refractivity contribution in [2.24, 2.45) is 5.92 Å². The van der Waals surface area contributed by atoms with Crippen LogP contribution in [-0.2, 0) is 9.59 Å². The number of nitrogens with one attached hydrogen (secondary N) is 1. The van der Waals surface area contributed by atoms with E-state index in [9.17, 15) is 19.5 Å². The minimum atomic E-state index is -1.35. The van der Waals surface area contributed by atoms with E-state index in [0.717, 1.165) is 5.56 Å². The zero-order valence-electron chi connectivity index (χ0n) is 16.3. The van der Waals surface area contributed by atoms with Gasteiger partial charge in [0.05, 0.1) is 17.4 Å². The van der Waals surface area contributed by atoms with Crippen molar-refractivity contribution in [1.82, 2.24) is 5.32 Å². The van der Waals surface area contributed by atoms with E-state index in [2.05, 4.69) is 5.32 Å². The van der Waals surface area contributed by atoms with Crippen molar-refractivity contribution in [1.29, 1.82) is 0 Å². The molecule has 0 bridgehead atoms. The molecule has 146 valence electrons. The van der Waals surface area contributed by atoms with Crippen molar-refractivity contribution < 1.29 is 23.8 Å². The summed E-state index contributed by atoms with van der Waals surface area (Å²) in [6.07, 6.45) is -0.956. The first-order chi connectivity index (χ1) is 12.5. The fourth-order valence-corrected chi connectivity index (χ4v) is 2.79. The zero-order valence-corrected chi connectivity index (χ0v) is 16.3. The van der Waals surface area contributed by atoms with Crippen LogP contribution >= 0.6 is 0 Å². The number of rotatable bonds is 6. The van der Waals surface area contributed by atoms with Crippen LogP contribution in [0.1, 0.15) is 37.5 Å². The second kappa shape index (κ2) is 7.82. The quantitative estimate of drug-likeness (QED) is 0.765. The maximum atomic E-state index is 12.4. The van der Waals surface area contributed by atoms with Gasteiger partial charge in [-0.3, -0.25) is 4.79 Å². The molecule has 0 aliphatic carbocycles. The van der Waals surface area contributed by atoms with Gasteiger partial charge < -0.3 is 24.4 Å². The number of carboxylic acid groups (broad SMARTS) is 1. The molecule has 7 heteroatoms. The Morgan fingerprint density at radius 1 is 1.11 bits per heavy atom. The molecule has 27 heavy (non-hydrogen) atoms. The number of hydrogen-bond acceptors (Lipinski definition) is 6. The molecule has 2 atom stereocenters. The Hall–Kier alpha value is -2.83. The Morgan fingerprint density at radius 3 is 2.30 bits per heavy atom. The molecule has 0 spiro atoms. The van der Waals surface area contributed by atoms with Gasteiger partial charge in [0, 0.05) is 5.56 Å². The maximum Gasteiger partial charge on any atom is 0.339 e. The molecule has 7 nitrogen and oxygen atoms in total. The normalized spacial score (nSPS) is 13.4. The van der Waals surface area contributed by atoms with E-state index in [1.807, 2.05) is 6.92 Å². The van der Waals surface area contributed by atoms with E-state index in [-0.39, 0.29) is 5.92 Å². The van der Waals surface area contributed by atoms with Crippen LogP contribution in [0.4, 0.5) is 0 Å². The van der Waals surface area contributed by atoms with Gasteiger partial charge in [0.1, 0.15) is 11.3 Å². The van der Waals surface area contributed by atoms with E-state index < -0.39 is 29.6 Å². The van der Waals surface area contributed by atoms with Crippen molar-refractivity contribution in [3.63, 3.8) is 0 Å². The van der Waals surface area contributed by atoms with E-state index in [1.165, 1.54) is 6.92 Å². The summed E-state index contributed by atoms with van der Waals surface area (Å²) >= 11 is 0. The summed E-state index contributed by atoms with van der Waals surface area (Å²) in [6.45, 7) is 10.1. The van der Waals surface area contributed by atoms with Crippen LogP contribution in [0.25, 0.3) is 11.0 Å². The van der Waals surface area contributed by atoms with E-state index in [4.69, 9.17) is 9.15 Å². The van der Waals surface area contributed by atoms with Crippen LogP contribution in [0.15, 0.2) is 21.3 Å². The lowest BCUT2D eigenvalue weighted by molar-refractivity contribution is -0.309. The molecular formula is C20H24NO6-. The third-order valence-corrected chi connectivity index (χ3v) is 4.55. The second-order valence-corrected chi connectivity index (χ2v) is 7.09. The van der Waals surface area contributed by atoms with Crippen molar-refractivity contribution in [2.45, 2.75) is 53.7 Å². The van der Waals surface area contributed by atoms with Crippen molar-refractivity contribution in [3.05, 3.63) is 39.2 Å². The fraction of sp³-hybridized carbons (Fsp3) is 0.450. The maximum absolute atomic E-state index is 12.4. The first-order valence-electron chi connectivity index (χ1n) is 8.75. The Bertz CT molecular complexity index is 944. The summed E-state index contributed by atoms with van der Waals surface area (Å²) in [5.41, 5.74) is 1.92. The number of benzene rings is 1. The lowest BCUT2D eigenvalue weighted by Crippen LogP contribution is -2.53. The van der Waals surface area contributed by atoms with Crippen LogP contribution in [0.2, 0.25) is 0 Å². The van der Waals surface area contributed by atoms with Gasteiger partial charge in [-0.1, -0.05) is 13.8 Å². The van der Waals surface area contributed by atoms with Crippen LogP contribution in [0.5, 0.6) is 5.75 Å². The van der Waals surface area contributed by atoms with Gasteiger partial charge in [0.2, 0.25) is 0 Å². The number of aliphatic carboxylic acids is 1. The molecular weight excluding hydrogens is 350 g/mol. The summed E-state index contributed by atoms with van der Waals surface area (Å²) in [4.78, 5) is 35.5. The first-order valence-corrected chi connectivity index (χ1v) is 8.75. The average Bonchev–Trinajstić information content (AvgIpc) is 2.56. The van der Waals surface area contributed by atoms with Crippen molar-refractivity contribution in [3.8, 4) is 5.75 Å².